The third kappa shape index (κ3) is 6.40. The maximum Gasteiger partial charge on any atom is 0.289 e. The molecule has 0 atom stereocenters. The van der Waals surface area contributed by atoms with E-state index in [4.69, 9.17) is 9.41 Å². The normalized spacial score (nSPS) is 18.9. The number of rotatable bonds is 5. The van der Waals surface area contributed by atoms with Crippen LogP contribution in [0.1, 0.15) is 56.0 Å². The number of guanidine groups is 1. The molecule has 1 aliphatic carbocycles. The van der Waals surface area contributed by atoms with E-state index in [1.165, 1.54) is 38.5 Å². The van der Waals surface area contributed by atoms with Crippen LogP contribution in [-0.4, -0.2) is 60.9 Å². The lowest BCUT2D eigenvalue weighted by molar-refractivity contribution is 0.0657. The van der Waals surface area contributed by atoms with E-state index in [2.05, 4.69) is 17.1 Å². The summed E-state index contributed by atoms with van der Waals surface area (Å²) in [5.41, 5.74) is 0. The number of carbonyl (C=O) groups excluding carboxylic acids is 1. The number of piperazine rings is 1. The Morgan fingerprint density at radius 1 is 1.19 bits per heavy atom. The molecule has 1 amide bonds. The third-order valence-electron chi connectivity index (χ3n) is 5.46. The number of halogens is 1. The summed E-state index contributed by atoms with van der Waals surface area (Å²) in [4.78, 5) is 21.4. The number of hydrogen-bond donors (Lipinski definition) is 1. The number of nitrogens with zero attached hydrogens (tertiary/aromatic N) is 3. The Balaban J connectivity index is 0.00000261. The van der Waals surface area contributed by atoms with Gasteiger partial charge in [0.15, 0.2) is 11.7 Å². The summed E-state index contributed by atoms with van der Waals surface area (Å²) in [5.74, 6) is 2.26. The lowest BCUT2D eigenvalue weighted by Gasteiger charge is -2.36. The fourth-order valence-electron chi connectivity index (χ4n) is 3.93. The van der Waals surface area contributed by atoms with E-state index in [-0.39, 0.29) is 29.9 Å². The van der Waals surface area contributed by atoms with E-state index in [1.54, 1.807) is 18.4 Å². The fourth-order valence-corrected chi connectivity index (χ4v) is 3.93. The molecule has 0 radical (unpaired) electrons. The molecule has 1 saturated heterocycles. The minimum Gasteiger partial charge on any atom is -0.459 e. The quantitative estimate of drug-likeness (QED) is 0.391. The van der Waals surface area contributed by atoms with Crippen LogP contribution < -0.4 is 5.32 Å². The molecule has 2 fully saturated rings. The van der Waals surface area contributed by atoms with Crippen molar-refractivity contribution in [3.8, 4) is 0 Å². The summed E-state index contributed by atoms with van der Waals surface area (Å²) in [5, 5.41) is 3.42. The number of aliphatic imine (C=N–C) groups is 1. The molecule has 2 heterocycles. The van der Waals surface area contributed by atoms with Crippen molar-refractivity contribution in [3.05, 3.63) is 24.2 Å². The van der Waals surface area contributed by atoms with Crippen molar-refractivity contribution in [1.82, 2.24) is 15.1 Å². The molecule has 6 nitrogen and oxygen atoms in total. The van der Waals surface area contributed by atoms with Crippen LogP contribution in [0.2, 0.25) is 0 Å². The van der Waals surface area contributed by atoms with Crippen LogP contribution in [0.4, 0.5) is 0 Å². The molecule has 1 saturated carbocycles. The molecule has 7 heteroatoms. The predicted molar refractivity (Wildman–Crippen MR) is 119 cm³/mol. The standard InChI is InChI=1S/C20H32N4O2.HI/c1-2-21-20(22-11-10-17-7-4-3-5-8-17)24-14-12-23(13-15-24)19(25)18-9-6-16-26-18;/h6,9,16-17H,2-5,7-8,10-15H2,1H3,(H,21,22);1H. The second kappa shape index (κ2) is 11.6. The Labute approximate surface area is 179 Å². The second-order valence-corrected chi connectivity index (χ2v) is 7.28. The summed E-state index contributed by atoms with van der Waals surface area (Å²) in [6.07, 6.45) is 9.68. The molecule has 0 unspecified atom stereocenters. The fraction of sp³-hybridized carbons (Fsp3) is 0.700. The van der Waals surface area contributed by atoms with E-state index in [9.17, 15) is 4.79 Å². The molecule has 0 bridgehead atoms. The Kier molecular flexibility index (Phi) is 9.44. The molecule has 2 aliphatic rings. The van der Waals surface area contributed by atoms with Crippen LogP contribution in [0.5, 0.6) is 0 Å². The number of furan rings is 1. The van der Waals surface area contributed by atoms with Gasteiger partial charge in [-0.05, 0) is 31.4 Å². The molecule has 0 aromatic carbocycles. The first kappa shape index (κ1) is 22.0. The van der Waals surface area contributed by atoms with E-state index < -0.39 is 0 Å². The SMILES string of the molecule is CCNC(=NCCC1CCCCC1)N1CCN(C(=O)c2ccco2)CC1.I. The highest BCUT2D eigenvalue weighted by Gasteiger charge is 2.25. The van der Waals surface area contributed by atoms with Gasteiger partial charge in [0, 0.05) is 39.3 Å². The van der Waals surface area contributed by atoms with Gasteiger partial charge < -0.3 is 19.5 Å². The van der Waals surface area contributed by atoms with Crippen LogP contribution in [0.3, 0.4) is 0 Å². The van der Waals surface area contributed by atoms with E-state index in [1.807, 2.05) is 4.90 Å². The maximum absolute atomic E-state index is 12.4. The molecular weight excluding hydrogens is 455 g/mol. The van der Waals surface area contributed by atoms with Gasteiger partial charge >= 0.3 is 0 Å². The Morgan fingerprint density at radius 3 is 2.52 bits per heavy atom. The predicted octanol–water partition coefficient (Wildman–Crippen LogP) is 3.59. The average Bonchev–Trinajstić information content (AvgIpc) is 3.23. The van der Waals surface area contributed by atoms with Crippen LogP contribution in [0.25, 0.3) is 0 Å². The molecule has 1 aromatic heterocycles. The maximum atomic E-state index is 12.4. The van der Waals surface area contributed by atoms with Gasteiger partial charge in [-0.25, -0.2) is 0 Å². The molecule has 27 heavy (non-hydrogen) atoms. The second-order valence-electron chi connectivity index (χ2n) is 7.28. The minimum atomic E-state index is -0.0195. The van der Waals surface area contributed by atoms with Gasteiger partial charge in [-0.3, -0.25) is 9.79 Å². The molecule has 152 valence electrons. The first-order valence-corrected chi connectivity index (χ1v) is 10.1. The van der Waals surface area contributed by atoms with Crippen LogP contribution >= 0.6 is 24.0 Å². The summed E-state index contributed by atoms with van der Waals surface area (Å²) >= 11 is 0. The Hall–Kier alpha value is -1.25. The van der Waals surface area contributed by atoms with Crippen molar-refractivity contribution >= 4 is 35.8 Å². The highest BCUT2D eigenvalue weighted by atomic mass is 127. The molecule has 1 aromatic rings. The number of amides is 1. The minimum absolute atomic E-state index is 0. The van der Waals surface area contributed by atoms with Gasteiger partial charge in [0.05, 0.1) is 6.26 Å². The lowest BCUT2D eigenvalue weighted by Crippen LogP contribution is -2.53. The van der Waals surface area contributed by atoms with Gasteiger partial charge in [0.2, 0.25) is 0 Å². The van der Waals surface area contributed by atoms with Crippen molar-refractivity contribution in [2.24, 2.45) is 10.9 Å². The Bertz CT molecular complexity index is 577. The monoisotopic (exact) mass is 488 g/mol. The zero-order valence-corrected chi connectivity index (χ0v) is 18.7. The molecular formula is C20H33IN4O2. The highest BCUT2D eigenvalue weighted by Crippen LogP contribution is 2.26. The van der Waals surface area contributed by atoms with Gasteiger partial charge in [-0.2, -0.15) is 0 Å². The van der Waals surface area contributed by atoms with Gasteiger partial charge in [0.25, 0.3) is 5.91 Å². The summed E-state index contributed by atoms with van der Waals surface area (Å²) in [7, 11) is 0. The average molecular weight is 488 g/mol. The highest BCUT2D eigenvalue weighted by molar-refractivity contribution is 14.0. The molecule has 3 rings (SSSR count). The number of nitrogens with one attached hydrogen (secondary N) is 1. The molecule has 0 spiro atoms. The first-order chi connectivity index (χ1) is 12.8. The van der Waals surface area contributed by atoms with Crippen molar-refractivity contribution < 1.29 is 9.21 Å². The first-order valence-electron chi connectivity index (χ1n) is 10.1. The van der Waals surface area contributed by atoms with Crippen LogP contribution in [0.15, 0.2) is 27.8 Å². The lowest BCUT2D eigenvalue weighted by atomic mass is 9.87. The third-order valence-corrected chi connectivity index (χ3v) is 5.46. The number of hydrogen-bond acceptors (Lipinski definition) is 3. The number of carbonyl (C=O) groups is 1. The van der Waals surface area contributed by atoms with Crippen molar-refractivity contribution in [1.29, 1.82) is 0 Å². The molecule has 1 aliphatic heterocycles. The largest absolute Gasteiger partial charge is 0.459 e. The van der Waals surface area contributed by atoms with Crippen LogP contribution in [-0.2, 0) is 0 Å². The Morgan fingerprint density at radius 2 is 1.89 bits per heavy atom. The zero-order chi connectivity index (χ0) is 18.2. The smallest absolute Gasteiger partial charge is 0.289 e. The van der Waals surface area contributed by atoms with E-state index in [0.717, 1.165) is 38.1 Å². The van der Waals surface area contributed by atoms with Gasteiger partial charge in [-0.1, -0.05) is 32.1 Å². The summed E-state index contributed by atoms with van der Waals surface area (Å²) in [6.45, 7) is 6.89. The van der Waals surface area contributed by atoms with Gasteiger partial charge in [-0.15, -0.1) is 24.0 Å². The zero-order valence-electron chi connectivity index (χ0n) is 16.4. The van der Waals surface area contributed by atoms with Crippen molar-refractivity contribution in [2.75, 3.05) is 39.3 Å². The topological polar surface area (TPSA) is 61.1 Å². The van der Waals surface area contributed by atoms with E-state index in [0.29, 0.717) is 18.8 Å². The van der Waals surface area contributed by atoms with Crippen molar-refractivity contribution in [3.63, 3.8) is 0 Å². The van der Waals surface area contributed by atoms with Crippen LogP contribution in [0, 0.1) is 5.92 Å². The molecule has 1 N–H and O–H groups in total. The van der Waals surface area contributed by atoms with E-state index >= 15 is 0 Å². The summed E-state index contributed by atoms with van der Waals surface area (Å²) in [6, 6.07) is 3.48. The summed E-state index contributed by atoms with van der Waals surface area (Å²) < 4.78 is 5.23. The van der Waals surface area contributed by atoms with Crippen molar-refractivity contribution in [2.45, 2.75) is 45.4 Å². The van der Waals surface area contributed by atoms with Gasteiger partial charge in [0.1, 0.15) is 0 Å².